The van der Waals surface area contributed by atoms with Gasteiger partial charge in [-0.2, -0.15) is 4.98 Å². The molecule has 0 aliphatic carbocycles. The summed E-state index contributed by atoms with van der Waals surface area (Å²) in [7, 11) is 0. The van der Waals surface area contributed by atoms with E-state index in [0.717, 1.165) is 12.8 Å². The Labute approximate surface area is 79.2 Å². The largest absolute Gasteiger partial charge is 0.379 e. The van der Waals surface area contributed by atoms with Gasteiger partial charge < -0.3 is 10.3 Å². The average Bonchev–Trinajstić information content (AvgIpc) is 2.74. The van der Waals surface area contributed by atoms with Crippen molar-refractivity contribution in [2.24, 2.45) is 0 Å². The number of anilines is 1. The van der Waals surface area contributed by atoms with Crippen LogP contribution in [-0.4, -0.2) is 20.5 Å². The van der Waals surface area contributed by atoms with Crippen LogP contribution in [0.3, 0.4) is 0 Å². The number of hydrogen-bond acceptors (Lipinski definition) is 7. The SMILES string of the molecule is CCCc1noc(-c2nonc2N)n1. The van der Waals surface area contributed by atoms with Crippen LogP contribution in [0.15, 0.2) is 9.15 Å². The summed E-state index contributed by atoms with van der Waals surface area (Å²) in [6.45, 7) is 2.03. The number of nitrogens with zero attached hydrogens (tertiary/aromatic N) is 4. The molecule has 2 rings (SSSR count). The Morgan fingerprint density at radius 1 is 1.29 bits per heavy atom. The predicted molar refractivity (Wildman–Crippen MR) is 46.0 cm³/mol. The summed E-state index contributed by atoms with van der Waals surface area (Å²) < 4.78 is 9.35. The van der Waals surface area contributed by atoms with E-state index in [1.54, 1.807) is 0 Å². The molecule has 2 aromatic rings. The maximum absolute atomic E-state index is 5.46. The molecule has 0 spiro atoms. The van der Waals surface area contributed by atoms with Gasteiger partial charge in [0.2, 0.25) is 11.5 Å². The number of nitrogen functional groups attached to an aromatic ring is 1. The van der Waals surface area contributed by atoms with Crippen molar-refractivity contribution < 1.29 is 9.15 Å². The third kappa shape index (κ3) is 1.43. The Morgan fingerprint density at radius 2 is 2.14 bits per heavy atom. The predicted octanol–water partition coefficient (Wildman–Crippen LogP) is 0.654. The van der Waals surface area contributed by atoms with Gasteiger partial charge in [0.1, 0.15) is 0 Å². The van der Waals surface area contributed by atoms with Crippen molar-refractivity contribution in [2.45, 2.75) is 19.8 Å². The molecule has 74 valence electrons. The molecule has 0 aliphatic heterocycles. The van der Waals surface area contributed by atoms with Crippen molar-refractivity contribution >= 4 is 5.82 Å². The second kappa shape index (κ2) is 3.44. The van der Waals surface area contributed by atoms with Gasteiger partial charge in [0, 0.05) is 6.42 Å². The second-order valence-electron chi connectivity index (χ2n) is 2.76. The van der Waals surface area contributed by atoms with Gasteiger partial charge in [-0.15, -0.1) is 0 Å². The van der Waals surface area contributed by atoms with E-state index in [9.17, 15) is 0 Å². The topological polar surface area (TPSA) is 104 Å². The van der Waals surface area contributed by atoms with Crippen LogP contribution in [0.1, 0.15) is 19.2 Å². The first kappa shape index (κ1) is 8.67. The molecule has 14 heavy (non-hydrogen) atoms. The molecule has 0 saturated heterocycles. The minimum absolute atomic E-state index is 0.150. The van der Waals surface area contributed by atoms with E-state index >= 15 is 0 Å². The molecule has 7 heteroatoms. The van der Waals surface area contributed by atoms with E-state index < -0.39 is 0 Å². The van der Waals surface area contributed by atoms with Crippen LogP contribution in [-0.2, 0) is 6.42 Å². The zero-order valence-corrected chi connectivity index (χ0v) is 7.60. The van der Waals surface area contributed by atoms with Crippen molar-refractivity contribution in [3.63, 3.8) is 0 Å². The number of nitrogens with two attached hydrogens (primary N) is 1. The monoisotopic (exact) mass is 195 g/mol. The highest BCUT2D eigenvalue weighted by Crippen LogP contribution is 2.19. The van der Waals surface area contributed by atoms with Gasteiger partial charge in [-0.3, -0.25) is 0 Å². The molecular weight excluding hydrogens is 186 g/mol. The van der Waals surface area contributed by atoms with E-state index in [1.807, 2.05) is 6.92 Å². The fraction of sp³-hybridized carbons (Fsp3) is 0.429. The highest BCUT2D eigenvalue weighted by Gasteiger charge is 2.16. The van der Waals surface area contributed by atoms with Crippen molar-refractivity contribution in [1.29, 1.82) is 0 Å². The molecule has 2 heterocycles. The molecule has 2 aromatic heterocycles. The van der Waals surface area contributed by atoms with Crippen LogP contribution in [0.5, 0.6) is 0 Å². The second-order valence-corrected chi connectivity index (χ2v) is 2.76. The standard InChI is InChI=1S/C7H9N5O2/c1-2-3-4-9-7(13-10-4)5-6(8)12-14-11-5/h2-3H2,1H3,(H2,8,12). The third-order valence-corrected chi connectivity index (χ3v) is 1.66. The molecule has 0 radical (unpaired) electrons. The quantitative estimate of drug-likeness (QED) is 0.766. The average molecular weight is 195 g/mol. The van der Waals surface area contributed by atoms with Crippen molar-refractivity contribution in [3.05, 3.63) is 5.82 Å². The van der Waals surface area contributed by atoms with E-state index in [-0.39, 0.29) is 11.7 Å². The molecule has 0 amide bonds. The summed E-state index contributed by atoms with van der Waals surface area (Å²) in [6.07, 6.45) is 1.71. The lowest BCUT2D eigenvalue weighted by atomic mass is 10.3. The summed E-state index contributed by atoms with van der Waals surface area (Å²) in [5.74, 6) is 1.02. The number of hydrogen-bond donors (Lipinski definition) is 1. The lowest BCUT2D eigenvalue weighted by molar-refractivity contribution is 0.308. The van der Waals surface area contributed by atoms with Crippen molar-refractivity contribution in [3.8, 4) is 11.6 Å². The van der Waals surface area contributed by atoms with Crippen LogP contribution in [0, 0.1) is 0 Å². The molecule has 0 atom stereocenters. The Balaban J connectivity index is 2.29. The molecular formula is C7H9N5O2. The smallest absolute Gasteiger partial charge is 0.284 e. The molecule has 0 fully saturated rings. The van der Waals surface area contributed by atoms with E-state index in [1.165, 1.54) is 0 Å². The zero-order valence-electron chi connectivity index (χ0n) is 7.60. The van der Waals surface area contributed by atoms with Gasteiger partial charge in [0.25, 0.3) is 5.89 Å². The van der Waals surface area contributed by atoms with Crippen LogP contribution in [0.2, 0.25) is 0 Å². The summed E-state index contributed by atoms with van der Waals surface area (Å²) in [5, 5.41) is 10.7. The summed E-state index contributed by atoms with van der Waals surface area (Å²) >= 11 is 0. The Bertz CT molecular complexity index is 421. The van der Waals surface area contributed by atoms with Crippen LogP contribution >= 0.6 is 0 Å². The Morgan fingerprint density at radius 3 is 2.79 bits per heavy atom. The normalized spacial score (nSPS) is 10.6. The number of aryl methyl sites for hydroxylation is 1. The van der Waals surface area contributed by atoms with E-state index in [2.05, 4.69) is 25.1 Å². The fourth-order valence-corrected chi connectivity index (χ4v) is 1.02. The lowest BCUT2D eigenvalue weighted by Crippen LogP contribution is -1.89. The highest BCUT2D eigenvalue weighted by atomic mass is 16.6. The van der Waals surface area contributed by atoms with Gasteiger partial charge in [-0.1, -0.05) is 12.1 Å². The van der Waals surface area contributed by atoms with Crippen LogP contribution in [0.25, 0.3) is 11.6 Å². The number of rotatable bonds is 3. The van der Waals surface area contributed by atoms with E-state index in [4.69, 9.17) is 10.3 Å². The Hall–Kier alpha value is -1.92. The first-order chi connectivity index (χ1) is 6.81. The Kier molecular flexibility index (Phi) is 2.13. The molecule has 0 aliphatic rings. The summed E-state index contributed by atoms with van der Waals surface area (Å²) in [4.78, 5) is 4.08. The first-order valence-electron chi connectivity index (χ1n) is 4.22. The van der Waals surface area contributed by atoms with Gasteiger partial charge in [-0.05, 0) is 16.7 Å². The maximum atomic E-state index is 5.46. The molecule has 7 nitrogen and oxygen atoms in total. The van der Waals surface area contributed by atoms with Crippen LogP contribution < -0.4 is 5.73 Å². The highest BCUT2D eigenvalue weighted by molar-refractivity contribution is 5.60. The summed E-state index contributed by atoms with van der Waals surface area (Å²) in [6, 6.07) is 0. The van der Waals surface area contributed by atoms with Crippen molar-refractivity contribution in [2.75, 3.05) is 5.73 Å². The molecule has 2 N–H and O–H groups in total. The minimum Gasteiger partial charge on any atom is -0.379 e. The van der Waals surface area contributed by atoms with Crippen LogP contribution in [0.4, 0.5) is 5.82 Å². The minimum atomic E-state index is 0.150. The first-order valence-corrected chi connectivity index (χ1v) is 4.22. The molecule has 0 aromatic carbocycles. The maximum Gasteiger partial charge on any atom is 0.284 e. The summed E-state index contributed by atoms with van der Waals surface area (Å²) in [5.41, 5.74) is 5.75. The zero-order chi connectivity index (χ0) is 9.97. The lowest BCUT2D eigenvalue weighted by Gasteiger charge is -1.84. The van der Waals surface area contributed by atoms with Gasteiger partial charge >= 0.3 is 0 Å². The van der Waals surface area contributed by atoms with Gasteiger partial charge in [0.05, 0.1) is 0 Å². The van der Waals surface area contributed by atoms with Gasteiger partial charge in [-0.25, -0.2) is 4.63 Å². The fourth-order valence-electron chi connectivity index (χ4n) is 1.02. The number of aromatic nitrogens is 4. The molecule has 0 saturated carbocycles. The van der Waals surface area contributed by atoms with Crippen molar-refractivity contribution in [1.82, 2.24) is 20.5 Å². The molecule has 0 unspecified atom stereocenters. The molecule has 0 bridgehead atoms. The van der Waals surface area contributed by atoms with Gasteiger partial charge in [0.15, 0.2) is 5.82 Å². The van der Waals surface area contributed by atoms with E-state index in [0.29, 0.717) is 11.5 Å². The third-order valence-electron chi connectivity index (χ3n) is 1.66.